The van der Waals surface area contributed by atoms with E-state index in [1.54, 1.807) is 4.90 Å². The van der Waals surface area contributed by atoms with Crippen molar-refractivity contribution >= 4 is 11.9 Å². The first-order valence-electron chi connectivity index (χ1n) is 7.78. The average Bonchev–Trinajstić information content (AvgIpc) is 2.91. The highest BCUT2D eigenvalue weighted by Gasteiger charge is 2.44. The zero-order chi connectivity index (χ0) is 16.2. The highest BCUT2D eigenvalue weighted by molar-refractivity contribution is 5.87. The van der Waals surface area contributed by atoms with Crippen molar-refractivity contribution in [2.45, 2.75) is 18.9 Å². The van der Waals surface area contributed by atoms with Crippen LogP contribution in [0.15, 0.2) is 60.7 Å². The Morgan fingerprint density at radius 3 is 2.26 bits per heavy atom. The summed E-state index contributed by atoms with van der Waals surface area (Å²) in [5.41, 5.74) is 2.03. The minimum Gasteiger partial charge on any atom is -0.481 e. The Morgan fingerprint density at radius 1 is 1.04 bits per heavy atom. The second-order valence-corrected chi connectivity index (χ2v) is 5.83. The van der Waals surface area contributed by atoms with E-state index in [9.17, 15) is 14.7 Å². The van der Waals surface area contributed by atoms with Crippen LogP contribution in [0.3, 0.4) is 0 Å². The number of likely N-dealkylation sites (tertiary alicyclic amines) is 1. The smallest absolute Gasteiger partial charge is 0.309 e. The van der Waals surface area contributed by atoms with Crippen molar-refractivity contribution in [1.82, 2.24) is 4.90 Å². The molecule has 3 rings (SSSR count). The van der Waals surface area contributed by atoms with Crippen molar-refractivity contribution in [3.8, 4) is 0 Å². The lowest BCUT2D eigenvalue weighted by Gasteiger charge is -2.27. The standard InChI is InChI=1S/C19H19NO3/c21-17-13-16(19(22)23)18(15-9-5-2-6-10-15)20(17)12-11-14-7-3-1-4-8-14/h1-10,16,18H,11-13H2,(H,22,23)/t16-,18+/m0/s1. The van der Waals surface area contributed by atoms with E-state index in [2.05, 4.69) is 0 Å². The number of carbonyl (C=O) groups is 2. The van der Waals surface area contributed by atoms with Crippen LogP contribution in [0.2, 0.25) is 0 Å². The topological polar surface area (TPSA) is 57.6 Å². The van der Waals surface area contributed by atoms with Gasteiger partial charge in [-0.25, -0.2) is 0 Å². The molecule has 1 amide bonds. The molecular weight excluding hydrogens is 290 g/mol. The fourth-order valence-electron chi connectivity index (χ4n) is 3.23. The molecule has 0 spiro atoms. The Balaban J connectivity index is 1.84. The Hall–Kier alpha value is -2.62. The van der Waals surface area contributed by atoms with Gasteiger partial charge in [-0.15, -0.1) is 0 Å². The summed E-state index contributed by atoms with van der Waals surface area (Å²) in [5.74, 6) is -1.67. The molecule has 1 saturated heterocycles. The van der Waals surface area contributed by atoms with Crippen LogP contribution in [-0.4, -0.2) is 28.4 Å². The van der Waals surface area contributed by atoms with Gasteiger partial charge in [-0.3, -0.25) is 9.59 Å². The van der Waals surface area contributed by atoms with E-state index in [0.29, 0.717) is 6.54 Å². The lowest BCUT2D eigenvalue weighted by Crippen LogP contribution is -2.32. The van der Waals surface area contributed by atoms with Crippen LogP contribution in [0, 0.1) is 5.92 Å². The fraction of sp³-hybridized carbons (Fsp3) is 0.263. The summed E-state index contributed by atoms with van der Waals surface area (Å²) >= 11 is 0. The zero-order valence-corrected chi connectivity index (χ0v) is 12.8. The van der Waals surface area contributed by atoms with E-state index >= 15 is 0 Å². The van der Waals surface area contributed by atoms with Crippen LogP contribution in [0.5, 0.6) is 0 Å². The summed E-state index contributed by atoms with van der Waals surface area (Å²) in [6, 6.07) is 19.0. The van der Waals surface area contributed by atoms with Crippen molar-refractivity contribution in [2.24, 2.45) is 5.92 Å². The maximum absolute atomic E-state index is 12.4. The van der Waals surface area contributed by atoms with Gasteiger partial charge in [0.25, 0.3) is 0 Å². The number of rotatable bonds is 5. The SMILES string of the molecule is O=C(O)[C@H]1CC(=O)N(CCc2ccccc2)[C@@H]1c1ccccc1. The monoisotopic (exact) mass is 309 g/mol. The van der Waals surface area contributed by atoms with Crippen LogP contribution >= 0.6 is 0 Å². The summed E-state index contributed by atoms with van der Waals surface area (Å²) in [5, 5.41) is 9.49. The van der Waals surface area contributed by atoms with Crippen molar-refractivity contribution in [3.05, 3.63) is 71.8 Å². The molecule has 1 heterocycles. The summed E-state index contributed by atoms with van der Waals surface area (Å²) in [6.07, 6.45) is 0.798. The highest BCUT2D eigenvalue weighted by Crippen LogP contribution is 2.38. The highest BCUT2D eigenvalue weighted by atomic mass is 16.4. The number of aliphatic carboxylic acids is 1. The summed E-state index contributed by atoms with van der Waals surface area (Å²) < 4.78 is 0. The predicted molar refractivity (Wildman–Crippen MR) is 86.8 cm³/mol. The number of hydrogen-bond acceptors (Lipinski definition) is 2. The number of amides is 1. The molecule has 1 aliphatic heterocycles. The number of carboxylic acid groups (broad SMARTS) is 1. The van der Waals surface area contributed by atoms with E-state index in [0.717, 1.165) is 17.5 Å². The van der Waals surface area contributed by atoms with Crippen LogP contribution in [0.1, 0.15) is 23.6 Å². The number of hydrogen-bond donors (Lipinski definition) is 1. The predicted octanol–water partition coefficient (Wildman–Crippen LogP) is 2.90. The third-order valence-electron chi connectivity index (χ3n) is 4.37. The van der Waals surface area contributed by atoms with Gasteiger partial charge in [0.15, 0.2) is 0 Å². The minimum absolute atomic E-state index is 0.0731. The van der Waals surface area contributed by atoms with Gasteiger partial charge in [0.2, 0.25) is 5.91 Å². The number of carbonyl (C=O) groups excluding carboxylic acids is 1. The van der Waals surface area contributed by atoms with E-state index in [1.807, 2.05) is 60.7 Å². The molecule has 4 heteroatoms. The molecule has 0 unspecified atom stereocenters. The molecule has 1 fully saturated rings. The van der Waals surface area contributed by atoms with Gasteiger partial charge >= 0.3 is 5.97 Å². The molecule has 2 atom stereocenters. The zero-order valence-electron chi connectivity index (χ0n) is 12.8. The van der Waals surface area contributed by atoms with Gasteiger partial charge < -0.3 is 10.0 Å². The Bertz CT molecular complexity index is 684. The molecule has 118 valence electrons. The molecule has 2 aromatic carbocycles. The van der Waals surface area contributed by atoms with Crippen molar-refractivity contribution in [1.29, 1.82) is 0 Å². The molecule has 0 bridgehead atoms. The molecule has 1 aliphatic rings. The van der Waals surface area contributed by atoms with E-state index in [1.165, 1.54) is 0 Å². The molecule has 2 aromatic rings. The van der Waals surface area contributed by atoms with Crippen molar-refractivity contribution in [2.75, 3.05) is 6.54 Å². The van der Waals surface area contributed by atoms with E-state index in [-0.39, 0.29) is 18.4 Å². The van der Waals surface area contributed by atoms with Crippen LogP contribution < -0.4 is 0 Å². The van der Waals surface area contributed by atoms with Gasteiger partial charge in [-0.05, 0) is 17.5 Å². The van der Waals surface area contributed by atoms with Gasteiger partial charge in [0, 0.05) is 13.0 Å². The number of benzene rings is 2. The molecule has 0 aromatic heterocycles. The average molecular weight is 309 g/mol. The summed E-state index contributed by atoms with van der Waals surface area (Å²) in [4.78, 5) is 25.7. The molecular formula is C19H19NO3. The fourth-order valence-corrected chi connectivity index (χ4v) is 3.23. The second kappa shape index (κ2) is 6.65. The molecule has 1 N–H and O–H groups in total. The lowest BCUT2D eigenvalue weighted by molar-refractivity contribution is -0.142. The van der Waals surface area contributed by atoms with Gasteiger partial charge in [0.05, 0.1) is 12.0 Å². The molecule has 0 aliphatic carbocycles. The van der Waals surface area contributed by atoms with Crippen molar-refractivity contribution in [3.63, 3.8) is 0 Å². The number of nitrogens with zero attached hydrogens (tertiary/aromatic N) is 1. The van der Waals surface area contributed by atoms with E-state index in [4.69, 9.17) is 0 Å². The third kappa shape index (κ3) is 3.26. The van der Waals surface area contributed by atoms with Crippen LogP contribution in [0.4, 0.5) is 0 Å². The maximum Gasteiger partial charge on any atom is 0.309 e. The van der Waals surface area contributed by atoms with Gasteiger partial charge in [0.1, 0.15) is 0 Å². The first-order valence-corrected chi connectivity index (χ1v) is 7.78. The van der Waals surface area contributed by atoms with Gasteiger partial charge in [-0.2, -0.15) is 0 Å². The van der Waals surface area contributed by atoms with Crippen LogP contribution in [0.25, 0.3) is 0 Å². The third-order valence-corrected chi connectivity index (χ3v) is 4.37. The molecule has 0 radical (unpaired) electrons. The quantitative estimate of drug-likeness (QED) is 0.924. The second-order valence-electron chi connectivity index (χ2n) is 5.83. The first-order chi connectivity index (χ1) is 11.2. The lowest BCUT2D eigenvalue weighted by atomic mass is 9.93. The van der Waals surface area contributed by atoms with Crippen molar-refractivity contribution < 1.29 is 14.7 Å². The van der Waals surface area contributed by atoms with Crippen LogP contribution in [-0.2, 0) is 16.0 Å². The summed E-state index contributed by atoms with van der Waals surface area (Å²) in [6.45, 7) is 0.534. The van der Waals surface area contributed by atoms with E-state index < -0.39 is 11.9 Å². The Morgan fingerprint density at radius 2 is 1.65 bits per heavy atom. The Kier molecular flexibility index (Phi) is 4.42. The molecule has 23 heavy (non-hydrogen) atoms. The molecule has 0 saturated carbocycles. The maximum atomic E-state index is 12.4. The minimum atomic E-state index is -0.908. The normalized spacial score (nSPS) is 20.7. The largest absolute Gasteiger partial charge is 0.481 e. The number of carboxylic acids is 1. The molecule has 4 nitrogen and oxygen atoms in total. The van der Waals surface area contributed by atoms with Gasteiger partial charge in [-0.1, -0.05) is 60.7 Å². The summed E-state index contributed by atoms with van der Waals surface area (Å²) in [7, 11) is 0. The Labute approximate surface area is 135 Å². The first kappa shape index (κ1) is 15.3.